The minimum Gasteiger partial charge on any atom is -0.493 e. The highest BCUT2D eigenvalue weighted by Crippen LogP contribution is 2.30. The second kappa shape index (κ2) is 6.74. The van der Waals surface area contributed by atoms with Crippen LogP contribution in [0.1, 0.15) is 22.8 Å². The van der Waals surface area contributed by atoms with Crippen molar-refractivity contribution in [3.05, 3.63) is 53.6 Å². The van der Waals surface area contributed by atoms with Gasteiger partial charge in [-0.15, -0.1) is 0 Å². The first-order valence-electron chi connectivity index (χ1n) is 7.80. The lowest BCUT2D eigenvalue weighted by Gasteiger charge is -2.18. The smallest absolute Gasteiger partial charge is 0.264 e. The van der Waals surface area contributed by atoms with Crippen molar-refractivity contribution in [2.24, 2.45) is 0 Å². The number of carbonyl (C=O) groups excluding carboxylic acids is 2. The standard InChI is InChI=1S/C19H19NO4/c1-13(21)14-7-8-16-15(11-14)9-10-20(16)19(22)12-24-18-6-4-3-5-17(18)23-2/h3-8,11H,9-10,12H2,1-2H3. The molecule has 0 atom stereocenters. The molecule has 0 fully saturated rings. The largest absolute Gasteiger partial charge is 0.493 e. The highest BCUT2D eigenvalue weighted by Gasteiger charge is 2.25. The second-order valence-electron chi connectivity index (χ2n) is 5.63. The fourth-order valence-electron chi connectivity index (χ4n) is 2.84. The van der Waals surface area contributed by atoms with Crippen LogP contribution in [-0.4, -0.2) is 32.0 Å². The third-order valence-corrected chi connectivity index (χ3v) is 4.10. The molecule has 0 bridgehead atoms. The molecule has 124 valence electrons. The van der Waals surface area contributed by atoms with Crippen molar-refractivity contribution in [2.45, 2.75) is 13.3 Å². The van der Waals surface area contributed by atoms with E-state index in [1.54, 1.807) is 37.1 Å². The molecule has 5 heteroatoms. The van der Waals surface area contributed by atoms with E-state index in [2.05, 4.69) is 0 Å². The maximum atomic E-state index is 12.5. The van der Waals surface area contributed by atoms with Gasteiger partial charge < -0.3 is 14.4 Å². The van der Waals surface area contributed by atoms with E-state index in [0.29, 0.717) is 23.6 Å². The molecule has 2 aromatic rings. The molecule has 5 nitrogen and oxygen atoms in total. The van der Waals surface area contributed by atoms with E-state index in [9.17, 15) is 9.59 Å². The van der Waals surface area contributed by atoms with Crippen LogP contribution in [0.4, 0.5) is 5.69 Å². The Labute approximate surface area is 140 Å². The van der Waals surface area contributed by atoms with Gasteiger partial charge in [-0.05, 0) is 49.2 Å². The molecule has 3 rings (SSSR count). The van der Waals surface area contributed by atoms with Crippen LogP contribution in [0.3, 0.4) is 0 Å². The summed E-state index contributed by atoms with van der Waals surface area (Å²) in [6, 6.07) is 12.7. The number of anilines is 1. The Bertz CT molecular complexity index is 785. The summed E-state index contributed by atoms with van der Waals surface area (Å²) in [6.07, 6.45) is 0.747. The van der Waals surface area contributed by atoms with E-state index in [-0.39, 0.29) is 18.3 Å². The summed E-state index contributed by atoms with van der Waals surface area (Å²) in [7, 11) is 1.56. The lowest BCUT2D eigenvalue weighted by atomic mass is 10.1. The number of Topliss-reactive ketones (excluding diaryl/α,β-unsaturated/α-hetero) is 1. The van der Waals surface area contributed by atoms with Gasteiger partial charge in [-0.25, -0.2) is 0 Å². The van der Waals surface area contributed by atoms with E-state index in [1.807, 2.05) is 24.3 Å². The topological polar surface area (TPSA) is 55.8 Å². The fourth-order valence-corrected chi connectivity index (χ4v) is 2.84. The number of amides is 1. The Hall–Kier alpha value is -2.82. The molecule has 24 heavy (non-hydrogen) atoms. The number of fused-ring (bicyclic) bond motifs is 1. The maximum Gasteiger partial charge on any atom is 0.264 e. The summed E-state index contributed by atoms with van der Waals surface area (Å²) in [5.41, 5.74) is 2.55. The monoisotopic (exact) mass is 325 g/mol. The van der Waals surface area contributed by atoms with Crippen LogP contribution in [0.5, 0.6) is 11.5 Å². The first kappa shape index (κ1) is 16.1. The Balaban J connectivity index is 1.71. The van der Waals surface area contributed by atoms with E-state index < -0.39 is 0 Å². The summed E-state index contributed by atoms with van der Waals surface area (Å²) >= 11 is 0. The lowest BCUT2D eigenvalue weighted by molar-refractivity contribution is -0.120. The average Bonchev–Trinajstić information content (AvgIpc) is 3.03. The van der Waals surface area contributed by atoms with Crippen LogP contribution < -0.4 is 14.4 Å². The number of ketones is 1. The number of ether oxygens (including phenoxy) is 2. The minimum absolute atomic E-state index is 0.0297. The van der Waals surface area contributed by atoms with Gasteiger partial charge in [-0.3, -0.25) is 9.59 Å². The third-order valence-electron chi connectivity index (χ3n) is 4.10. The number of carbonyl (C=O) groups is 2. The molecule has 0 aliphatic carbocycles. The third kappa shape index (κ3) is 3.11. The second-order valence-corrected chi connectivity index (χ2v) is 5.63. The quantitative estimate of drug-likeness (QED) is 0.793. The SMILES string of the molecule is COc1ccccc1OCC(=O)N1CCc2cc(C(C)=O)ccc21. The van der Waals surface area contributed by atoms with E-state index in [1.165, 1.54) is 0 Å². The zero-order valence-electron chi connectivity index (χ0n) is 13.7. The average molecular weight is 325 g/mol. The molecule has 1 aliphatic heterocycles. The van der Waals surface area contributed by atoms with Gasteiger partial charge in [0.2, 0.25) is 0 Å². The molecule has 0 saturated heterocycles. The number of methoxy groups -OCH3 is 1. The number of para-hydroxylation sites is 2. The van der Waals surface area contributed by atoms with Crippen LogP contribution in [-0.2, 0) is 11.2 Å². The van der Waals surface area contributed by atoms with Gasteiger partial charge in [-0.1, -0.05) is 12.1 Å². The Morgan fingerprint density at radius 1 is 1.12 bits per heavy atom. The van der Waals surface area contributed by atoms with Gasteiger partial charge in [-0.2, -0.15) is 0 Å². The van der Waals surface area contributed by atoms with E-state index >= 15 is 0 Å². The van der Waals surface area contributed by atoms with Crippen molar-refractivity contribution in [3.63, 3.8) is 0 Å². The molecule has 1 amide bonds. The van der Waals surface area contributed by atoms with Gasteiger partial charge in [0.15, 0.2) is 23.9 Å². The van der Waals surface area contributed by atoms with Crippen LogP contribution in [0.2, 0.25) is 0 Å². The predicted molar refractivity (Wildman–Crippen MR) is 91.0 cm³/mol. The van der Waals surface area contributed by atoms with Crippen LogP contribution >= 0.6 is 0 Å². The molecule has 1 aliphatic rings. The van der Waals surface area contributed by atoms with Crippen molar-refractivity contribution in [2.75, 3.05) is 25.2 Å². The summed E-state index contributed by atoms with van der Waals surface area (Å²) in [5.74, 6) is 1.05. The molecule has 0 unspecified atom stereocenters. The molecular weight excluding hydrogens is 306 g/mol. The Morgan fingerprint density at radius 2 is 1.88 bits per heavy atom. The van der Waals surface area contributed by atoms with E-state index in [4.69, 9.17) is 9.47 Å². The van der Waals surface area contributed by atoms with Crippen LogP contribution in [0.15, 0.2) is 42.5 Å². The molecular formula is C19H19NO4. The molecule has 2 aromatic carbocycles. The Morgan fingerprint density at radius 3 is 2.58 bits per heavy atom. The zero-order chi connectivity index (χ0) is 17.1. The number of benzene rings is 2. The highest BCUT2D eigenvalue weighted by atomic mass is 16.5. The van der Waals surface area contributed by atoms with Gasteiger partial charge in [0, 0.05) is 17.8 Å². The van der Waals surface area contributed by atoms with Gasteiger partial charge >= 0.3 is 0 Å². The molecule has 1 heterocycles. The first-order valence-corrected chi connectivity index (χ1v) is 7.80. The zero-order valence-corrected chi connectivity index (χ0v) is 13.7. The van der Waals surface area contributed by atoms with Gasteiger partial charge in [0.05, 0.1) is 7.11 Å². The lowest BCUT2D eigenvalue weighted by Crippen LogP contribution is -2.33. The van der Waals surface area contributed by atoms with Crippen molar-refractivity contribution in [1.82, 2.24) is 0 Å². The van der Waals surface area contributed by atoms with Crippen LogP contribution in [0.25, 0.3) is 0 Å². The van der Waals surface area contributed by atoms with Crippen molar-refractivity contribution in [1.29, 1.82) is 0 Å². The number of hydrogen-bond acceptors (Lipinski definition) is 4. The minimum atomic E-state index is -0.116. The van der Waals surface area contributed by atoms with Crippen molar-refractivity contribution >= 4 is 17.4 Å². The van der Waals surface area contributed by atoms with Crippen molar-refractivity contribution < 1.29 is 19.1 Å². The summed E-state index contributed by atoms with van der Waals surface area (Å²) in [6.45, 7) is 2.08. The fraction of sp³-hybridized carbons (Fsp3) is 0.263. The first-order chi connectivity index (χ1) is 11.6. The number of nitrogens with zero attached hydrogens (tertiary/aromatic N) is 1. The molecule has 0 spiro atoms. The molecule has 0 radical (unpaired) electrons. The van der Waals surface area contributed by atoms with Crippen LogP contribution in [0, 0.1) is 0 Å². The summed E-state index contributed by atoms with van der Waals surface area (Å²) in [5, 5.41) is 0. The molecule has 0 aromatic heterocycles. The predicted octanol–water partition coefficient (Wildman–Crippen LogP) is 2.87. The van der Waals surface area contributed by atoms with E-state index in [0.717, 1.165) is 17.7 Å². The molecule has 0 N–H and O–H groups in total. The highest BCUT2D eigenvalue weighted by molar-refractivity contribution is 5.99. The summed E-state index contributed by atoms with van der Waals surface area (Å²) in [4.78, 5) is 25.7. The number of rotatable bonds is 5. The maximum absolute atomic E-state index is 12.5. The van der Waals surface area contributed by atoms with Gasteiger partial charge in [0.25, 0.3) is 5.91 Å². The number of hydrogen-bond donors (Lipinski definition) is 0. The van der Waals surface area contributed by atoms with Gasteiger partial charge in [0.1, 0.15) is 0 Å². The van der Waals surface area contributed by atoms with Crippen molar-refractivity contribution in [3.8, 4) is 11.5 Å². The Kier molecular flexibility index (Phi) is 4.51. The normalized spacial score (nSPS) is 12.7. The molecule has 0 saturated carbocycles. The summed E-state index contributed by atoms with van der Waals surface area (Å²) < 4.78 is 10.8.